The molecule has 0 aliphatic carbocycles. The van der Waals surface area contributed by atoms with Crippen molar-refractivity contribution in [1.29, 1.82) is 0 Å². The smallest absolute Gasteiger partial charge is 0.397 e. The lowest BCUT2D eigenvalue weighted by Gasteiger charge is -2.03. The molecule has 3 N–H and O–H groups in total. The van der Waals surface area contributed by atoms with E-state index >= 15 is 0 Å². The fraction of sp³-hybridized carbons (Fsp3) is 0.364. The zero-order valence-electron chi connectivity index (χ0n) is 10.3. The second-order valence-corrected chi connectivity index (χ2v) is 3.53. The largest absolute Gasteiger partial charge is 0.459 e. The number of carbonyl (C=O) groups is 3. The first-order chi connectivity index (χ1) is 8.38. The van der Waals surface area contributed by atoms with Gasteiger partial charge in [0.15, 0.2) is 0 Å². The third-order valence-electron chi connectivity index (χ3n) is 2.32. The number of nitrogens with two attached hydrogens (primary N) is 1. The van der Waals surface area contributed by atoms with Crippen LogP contribution < -0.4 is 11.1 Å². The lowest BCUT2D eigenvalue weighted by Crippen LogP contribution is -2.26. The fourth-order valence-corrected chi connectivity index (χ4v) is 1.36. The van der Waals surface area contributed by atoms with Gasteiger partial charge in [0.05, 0.1) is 6.61 Å². The van der Waals surface area contributed by atoms with E-state index in [0.29, 0.717) is 11.3 Å². The van der Waals surface area contributed by atoms with Crippen LogP contribution in [0.4, 0.5) is 5.88 Å². The molecular formula is C11H14N2O5. The van der Waals surface area contributed by atoms with Crippen molar-refractivity contribution in [3.63, 3.8) is 0 Å². The summed E-state index contributed by atoms with van der Waals surface area (Å²) in [7, 11) is 0. The lowest BCUT2D eigenvalue weighted by molar-refractivity contribution is -0.152. The Morgan fingerprint density at radius 3 is 2.44 bits per heavy atom. The van der Waals surface area contributed by atoms with Crippen LogP contribution in [0.5, 0.6) is 0 Å². The van der Waals surface area contributed by atoms with E-state index in [1.807, 2.05) is 0 Å². The maximum atomic E-state index is 11.4. The molecule has 0 fully saturated rings. The highest BCUT2D eigenvalue weighted by molar-refractivity contribution is 6.37. The van der Waals surface area contributed by atoms with Gasteiger partial charge in [-0.05, 0) is 20.8 Å². The molecule has 7 heteroatoms. The number of nitrogens with one attached hydrogen (secondary N) is 1. The second-order valence-electron chi connectivity index (χ2n) is 3.53. The van der Waals surface area contributed by atoms with Crippen molar-refractivity contribution in [3.05, 3.63) is 16.9 Å². The highest BCUT2D eigenvalue weighted by Gasteiger charge is 2.24. The average Bonchev–Trinajstić information content (AvgIpc) is 2.54. The summed E-state index contributed by atoms with van der Waals surface area (Å²) in [5.74, 6) is -2.53. The number of esters is 1. The Morgan fingerprint density at radius 1 is 1.33 bits per heavy atom. The topological polar surface area (TPSA) is 112 Å². The minimum absolute atomic E-state index is 0.0464. The van der Waals surface area contributed by atoms with Crippen LogP contribution >= 0.6 is 0 Å². The number of amides is 2. The Labute approximate surface area is 103 Å². The molecule has 98 valence electrons. The number of aryl methyl sites for hydroxylation is 1. The number of hydrogen-bond donors (Lipinski definition) is 2. The van der Waals surface area contributed by atoms with Gasteiger partial charge in [-0.3, -0.25) is 14.9 Å². The van der Waals surface area contributed by atoms with Crippen LogP contribution in [0.2, 0.25) is 0 Å². The zero-order chi connectivity index (χ0) is 13.9. The van der Waals surface area contributed by atoms with Gasteiger partial charge in [-0.25, -0.2) is 4.79 Å². The van der Waals surface area contributed by atoms with E-state index in [4.69, 9.17) is 10.2 Å². The molecule has 1 rings (SSSR count). The zero-order valence-corrected chi connectivity index (χ0v) is 10.3. The monoisotopic (exact) mass is 254 g/mol. The molecule has 2 amide bonds. The van der Waals surface area contributed by atoms with Gasteiger partial charge >= 0.3 is 11.9 Å². The standard InChI is InChI=1S/C11H14N2O5/c1-4-17-11(16)9(15)13-10-7(8(12)14)5(2)6(3)18-10/h4H2,1-3H3,(H2,12,14)(H,13,15). The summed E-state index contributed by atoms with van der Waals surface area (Å²) in [5.41, 5.74) is 5.73. The summed E-state index contributed by atoms with van der Waals surface area (Å²) in [6.07, 6.45) is 0. The molecule has 0 aliphatic rings. The number of carbonyl (C=O) groups excluding carboxylic acids is 3. The normalized spacial score (nSPS) is 9.94. The molecule has 1 heterocycles. The van der Waals surface area contributed by atoms with Crippen LogP contribution in [-0.4, -0.2) is 24.4 Å². The van der Waals surface area contributed by atoms with Crippen molar-refractivity contribution in [3.8, 4) is 0 Å². The van der Waals surface area contributed by atoms with Crippen molar-refractivity contribution in [1.82, 2.24) is 0 Å². The van der Waals surface area contributed by atoms with E-state index in [2.05, 4.69) is 10.1 Å². The molecule has 0 bridgehead atoms. The quantitative estimate of drug-likeness (QED) is 0.602. The highest BCUT2D eigenvalue weighted by atomic mass is 16.5. The molecule has 1 aromatic rings. The van der Waals surface area contributed by atoms with Crippen molar-refractivity contribution >= 4 is 23.7 Å². The Bertz CT molecular complexity index is 504. The van der Waals surface area contributed by atoms with E-state index in [9.17, 15) is 14.4 Å². The van der Waals surface area contributed by atoms with Crippen LogP contribution in [-0.2, 0) is 14.3 Å². The third kappa shape index (κ3) is 2.68. The van der Waals surface area contributed by atoms with Crippen molar-refractivity contribution in [2.45, 2.75) is 20.8 Å². The van der Waals surface area contributed by atoms with Gasteiger partial charge in [0.25, 0.3) is 5.91 Å². The van der Waals surface area contributed by atoms with Gasteiger partial charge in [-0.15, -0.1) is 0 Å². The predicted molar refractivity (Wildman–Crippen MR) is 62.0 cm³/mol. The van der Waals surface area contributed by atoms with Crippen molar-refractivity contribution in [2.75, 3.05) is 11.9 Å². The van der Waals surface area contributed by atoms with Gasteiger partial charge in [0, 0.05) is 5.56 Å². The summed E-state index contributed by atoms with van der Waals surface area (Å²) >= 11 is 0. The Hall–Kier alpha value is -2.31. The summed E-state index contributed by atoms with van der Waals surface area (Å²) in [4.78, 5) is 33.8. The summed E-state index contributed by atoms with van der Waals surface area (Å²) in [6.45, 7) is 4.88. The van der Waals surface area contributed by atoms with Gasteiger partial charge in [-0.2, -0.15) is 0 Å². The van der Waals surface area contributed by atoms with Gasteiger partial charge < -0.3 is 14.9 Å². The number of ether oxygens (including phenoxy) is 1. The molecule has 0 saturated carbocycles. The fourth-order valence-electron chi connectivity index (χ4n) is 1.36. The molecule has 0 radical (unpaired) electrons. The highest BCUT2D eigenvalue weighted by Crippen LogP contribution is 2.25. The van der Waals surface area contributed by atoms with E-state index in [1.54, 1.807) is 20.8 Å². The second kappa shape index (κ2) is 5.35. The van der Waals surface area contributed by atoms with E-state index in [-0.39, 0.29) is 18.1 Å². The van der Waals surface area contributed by atoms with Crippen LogP contribution in [0, 0.1) is 13.8 Å². The third-order valence-corrected chi connectivity index (χ3v) is 2.32. The first-order valence-corrected chi connectivity index (χ1v) is 5.26. The minimum Gasteiger partial charge on any atom is -0.459 e. The van der Waals surface area contributed by atoms with Gasteiger partial charge in [0.1, 0.15) is 11.3 Å². The van der Waals surface area contributed by atoms with Crippen LogP contribution in [0.25, 0.3) is 0 Å². The maximum absolute atomic E-state index is 11.4. The lowest BCUT2D eigenvalue weighted by atomic mass is 10.1. The summed E-state index contributed by atoms with van der Waals surface area (Å²) in [5, 5.41) is 2.16. The van der Waals surface area contributed by atoms with Crippen LogP contribution in [0.15, 0.2) is 4.42 Å². The Kier molecular flexibility index (Phi) is 4.09. The van der Waals surface area contributed by atoms with Crippen LogP contribution in [0.1, 0.15) is 28.6 Å². The summed E-state index contributed by atoms with van der Waals surface area (Å²) in [6, 6.07) is 0. The van der Waals surface area contributed by atoms with E-state index in [0.717, 1.165) is 0 Å². The average molecular weight is 254 g/mol. The molecule has 18 heavy (non-hydrogen) atoms. The van der Waals surface area contributed by atoms with Gasteiger partial charge in [-0.1, -0.05) is 0 Å². The number of hydrogen-bond acceptors (Lipinski definition) is 5. The molecular weight excluding hydrogens is 240 g/mol. The molecule has 0 atom stereocenters. The van der Waals surface area contributed by atoms with Crippen LogP contribution in [0.3, 0.4) is 0 Å². The molecule has 0 unspecified atom stereocenters. The first-order valence-electron chi connectivity index (χ1n) is 5.26. The van der Waals surface area contributed by atoms with E-state index < -0.39 is 17.8 Å². The molecule has 0 saturated heterocycles. The summed E-state index contributed by atoms with van der Waals surface area (Å²) < 4.78 is 9.67. The molecule has 0 aliphatic heterocycles. The first kappa shape index (κ1) is 13.8. The predicted octanol–water partition coefficient (Wildman–Crippen LogP) is 0.497. The number of primary amides is 1. The molecule has 1 aromatic heterocycles. The van der Waals surface area contributed by atoms with E-state index in [1.165, 1.54) is 0 Å². The molecule has 7 nitrogen and oxygen atoms in total. The molecule has 0 spiro atoms. The number of anilines is 1. The van der Waals surface area contributed by atoms with Crippen molar-refractivity contribution < 1.29 is 23.5 Å². The number of furan rings is 1. The SMILES string of the molecule is CCOC(=O)C(=O)Nc1oc(C)c(C)c1C(N)=O. The molecule has 0 aromatic carbocycles. The Balaban J connectivity index is 2.98. The van der Waals surface area contributed by atoms with Crippen molar-refractivity contribution in [2.24, 2.45) is 5.73 Å². The number of rotatable bonds is 3. The minimum atomic E-state index is -1.06. The van der Waals surface area contributed by atoms with Gasteiger partial charge in [0.2, 0.25) is 5.88 Å². The Morgan fingerprint density at radius 2 is 1.94 bits per heavy atom. The maximum Gasteiger partial charge on any atom is 0.397 e.